The van der Waals surface area contributed by atoms with Gasteiger partial charge in [-0.15, -0.1) is 0 Å². The van der Waals surface area contributed by atoms with Gasteiger partial charge in [0.15, 0.2) is 0 Å². The molecule has 0 radical (unpaired) electrons. The van der Waals surface area contributed by atoms with E-state index in [4.69, 9.17) is 14.9 Å². The molecule has 3 nitrogen and oxygen atoms in total. The van der Waals surface area contributed by atoms with Gasteiger partial charge in [0.1, 0.15) is 6.10 Å². The summed E-state index contributed by atoms with van der Waals surface area (Å²) < 4.78 is 5.32. The Bertz CT molecular complexity index is 283. The molecular weight excluding hydrogens is 360 g/mol. The SMILES string of the molecule is CCCCCCCCCCCCCCCCCCCCCCCOC[C@@H](O)CO. The van der Waals surface area contributed by atoms with E-state index < -0.39 is 6.10 Å². The summed E-state index contributed by atoms with van der Waals surface area (Å²) >= 11 is 0. The van der Waals surface area contributed by atoms with Gasteiger partial charge in [-0.2, -0.15) is 0 Å². The molecule has 0 aromatic rings. The molecule has 0 unspecified atom stereocenters. The number of unbranched alkanes of at least 4 members (excludes halogenated alkanes) is 20. The van der Waals surface area contributed by atoms with Crippen LogP contribution in [0.1, 0.15) is 142 Å². The summed E-state index contributed by atoms with van der Waals surface area (Å²) in [4.78, 5) is 0. The van der Waals surface area contributed by atoms with Crippen LogP contribution in [0.5, 0.6) is 0 Å². The zero-order valence-electron chi connectivity index (χ0n) is 19.9. The molecule has 3 heteroatoms. The van der Waals surface area contributed by atoms with Crippen molar-refractivity contribution in [2.24, 2.45) is 0 Å². The molecule has 0 spiro atoms. The molecule has 0 heterocycles. The van der Waals surface area contributed by atoms with Crippen molar-refractivity contribution in [3.8, 4) is 0 Å². The molecule has 0 saturated heterocycles. The third kappa shape index (κ3) is 25.8. The normalized spacial score (nSPS) is 12.5. The van der Waals surface area contributed by atoms with Crippen molar-refractivity contribution < 1.29 is 14.9 Å². The van der Waals surface area contributed by atoms with Gasteiger partial charge in [-0.1, -0.05) is 135 Å². The number of rotatable bonds is 25. The number of hydrogen-bond donors (Lipinski definition) is 2. The molecule has 0 aromatic carbocycles. The van der Waals surface area contributed by atoms with Gasteiger partial charge >= 0.3 is 0 Å². The number of hydrogen-bond acceptors (Lipinski definition) is 3. The maximum Gasteiger partial charge on any atom is 0.100 e. The molecule has 1 atom stereocenters. The van der Waals surface area contributed by atoms with E-state index in [9.17, 15) is 0 Å². The summed E-state index contributed by atoms with van der Waals surface area (Å²) in [6, 6.07) is 0. The molecule has 2 N–H and O–H groups in total. The van der Waals surface area contributed by atoms with Gasteiger partial charge in [0.2, 0.25) is 0 Å². The topological polar surface area (TPSA) is 49.7 Å². The van der Waals surface area contributed by atoms with Gasteiger partial charge in [0, 0.05) is 6.61 Å². The summed E-state index contributed by atoms with van der Waals surface area (Å²) in [6.07, 6.45) is 28.6. The van der Waals surface area contributed by atoms with Crippen LogP contribution in [-0.4, -0.2) is 36.1 Å². The molecule has 0 aromatic heterocycles. The highest BCUT2D eigenvalue weighted by atomic mass is 16.5. The second kappa shape index (κ2) is 25.9. The van der Waals surface area contributed by atoms with Gasteiger partial charge in [-0.25, -0.2) is 0 Å². The lowest BCUT2D eigenvalue weighted by molar-refractivity contribution is 0.00526. The van der Waals surface area contributed by atoms with Crippen molar-refractivity contribution in [1.82, 2.24) is 0 Å². The average Bonchev–Trinajstić information content (AvgIpc) is 2.74. The van der Waals surface area contributed by atoms with Crippen LogP contribution in [0.25, 0.3) is 0 Å². The summed E-state index contributed by atoms with van der Waals surface area (Å²) in [5.74, 6) is 0. The van der Waals surface area contributed by atoms with Crippen LogP contribution in [0.15, 0.2) is 0 Å². The molecule has 0 amide bonds. The van der Waals surface area contributed by atoms with Gasteiger partial charge in [-0.3, -0.25) is 0 Å². The van der Waals surface area contributed by atoms with Gasteiger partial charge in [0.05, 0.1) is 13.2 Å². The number of aliphatic hydroxyl groups excluding tert-OH is 2. The number of ether oxygens (including phenoxy) is 1. The predicted molar refractivity (Wildman–Crippen MR) is 127 cm³/mol. The van der Waals surface area contributed by atoms with Crippen LogP contribution < -0.4 is 0 Å². The summed E-state index contributed by atoms with van der Waals surface area (Å²) in [7, 11) is 0. The summed E-state index contributed by atoms with van der Waals surface area (Å²) in [6.45, 7) is 3.05. The van der Waals surface area contributed by atoms with Crippen molar-refractivity contribution in [2.45, 2.75) is 148 Å². The molecule has 29 heavy (non-hydrogen) atoms. The second-order valence-corrected chi connectivity index (χ2v) is 8.98. The van der Waals surface area contributed by atoms with E-state index in [-0.39, 0.29) is 13.2 Å². The molecule has 0 aliphatic rings. The van der Waals surface area contributed by atoms with Crippen molar-refractivity contribution in [2.75, 3.05) is 19.8 Å². The molecule has 0 aliphatic heterocycles. The predicted octanol–water partition coefficient (Wildman–Crippen LogP) is 7.57. The molecule has 176 valence electrons. The Kier molecular flexibility index (Phi) is 25.8. The van der Waals surface area contributed by atoms with Crippen molar-refractivity contribution in [3.63, 3.8) is 0 Å². The summed E-state index contributed by atoms with van der Waals surface area (Å²) in [5, 5.41) is 17.8. The molecule has 0 bridgehead atoms. The molecule has 0 aliphatic carbocycles. The summed E-state index contributed by atoms with van der Waals surface area (Å²) in [5.41, 5.74) is 0. The maximum absolute atomic E-state index is 9.15. The van der Waals surface area contributed by atoms with E-state index in [1.807, 2.05) is 0 Å². The molecule has 0 saturated carbocycles. The lowest BCUT2D eigenvalue weighted by atomic mass is 10.0. The number of aliphatic hydroxyl groups is 2. The first-order valence-corrected chi connectivity index (χ1v) is 13.2. The fourth-order valence-electron chi connectivity index (χ4n) is 3.91. The Morgan fingerprint density at radius 2 is 0.828 bits per heavy atom. The first-order valence-electron chi connectivity index (χ1n) is 13.2. The monoisotopic (exact) mass is 414 g/mol. The third-order valence-corrected chi connectivity index (χ3v) is 5.91. The lowest BCUT2D eigenvalue weighted by Crippen LogP contribution is -2.19. The Balaban J connectivity index is 3.00. The molecule has 0 fully saturated rings. The Hall–Kier alpha value is -0.120. The zero-order chi connectivity index (χ0) is 21.3. The van der Waals surface area contributed by atoms with E-state index in [1.54, 1.807) is 0 Å². The Morgan fingerprint density at radius 1 is 0.517 bits per heavy atom. The van der Waals surface area contributed by atoms with E-state index >= 15 is 0 Å². The lowest BCUT2D eigenvalue weighted by Gasteiger charge is -2.08. The Labute approximate surface area is 183 Å². The zero-order valence-corrected chi connectivity index (χ0v) is 19.9. The molecular formula is C26H54O3. The van der Waals surface area contributed by atoms with Crippen LogP contribution in [0, 0.1) is 0 Å². The van der Waals surface area contributed by atoms with Gasteiger partial charge in [-0.05, 0) is 6.42 Å². The van der Waals surface area contributed by atoms with E-state index in [0.29, 0.717) is 6.61 Å². The highest BCUT2D eigenvalue weighted by Gasteiger charge is 2.00. The van der Waals surface area contributed by atoms with Crippen LogP contribution in [-0.2, 0) is 4.74 Å². The largest absolute Gasteiger partial charge is 0.394 e. The van der Waals surface area contributed by atoms with Crippen LogP contribution in [0.2, 0.25) is 0 Å². The average molecular weight is 415 g/mol. The first-order chi connectivity index (χ1) is 14.3. The van der Waals surface area contributed by atoms with E-state index in [0.717, 1.165) is 6.42 Å². The highest BCUT2D eigenvalue weighted by molar-refractivity contribution is 4.52. The van der Waals surface area contributed by atoms with Crippen molar-refractivity contribution in [3.05, 3.63) is 0 Å². The standard InChI is InChI=1S/C26H54O3/c1-2-3-4-5-6-7-8-9-10-11-12-13-14-15-16-17-18-19-20-21-22-23-29-25-26(28)24-27/h26-28H,2-25H2,1H3/t26-/m0/s1. The fourth-order valence-corrected chi connectivity index (χ4v) is 3.91. The maximum atomic E-state index is 9.15. The van der Waals surface area contributed by atoms with Gasteiger partial charge in [0.25, 0.3) is 0 Å². The van der Waals surface area contributed by atoms with E-state index in [1.165, 1.54) is 128 Å². The van der Waals surface area contributed by atoms with Crippen molar-refractivity contribution >= 4 is 0 Å². The van der Waals surface area contributed by atoms with Crippen LogP contribution in [0.4, 0.5) is 0 Å². The van der Waals surface area contributed by atoms with Crippen LogP contribution >= 0.6 is 0 Å². The fraction of sp³-hybridized carbons (Fsp3) is 1.00. The van der Waals surface area contributed by atoms with Gasteiger partial charge < -0.3 is 14.9 Å². The highest BCUT2D eigenvalue weighted by Crippen LogP contribution is 2.15. The minimum absolute atomic E-state index is 0.209. The van der Waals surface area contributed by atoms with E-state index in [2.05, 4.69) is 6.92 Å². The third-order valence-electron chi connectivity index (χ3n) is 5.91. The smallest absolute Gasteiger partial charge is 0.100 e. The molecule has 0 rings (SSSR count). The Morgan fingerprint density at radius 3 is 1.14 bits per heavy atom. The quantitative estimate of drug-likeness (QED) is 0.151. The minimum atomic E-state index is -0.718. The first kappa shape index (κ1) is 28.9. The minimum Gasteiger partial charge on any atom is -0.394 e. The second-order valence-electron chi connectivity index (χ2n) is 8.98. The van der Waals surface area contributed by atoms with Crippen molar-refractivity contribution in [1.29, 1.82) is 0 Å². The van der Waals surface area contributed by atoms with Crippen LogP contribution in [0.3, 0.4) is 0 Å².